The van der Waals surface area contributed by atoms with Crippen molar-refractivity contribution < 1.29 is 9.53 Å². The largest absolute Gasteiger partial charge is 0.466 e. The number of hydrogen-bond donors (Lipinski definition) is 1. The summed E-state index contributed by atoms with van der Waals surface area (Å²) in [6, 6.07) is 0. The molecule has 0 spiro atoms. The second-order valence-corrected chi connectivity index (χ2v) is 3.32. The number of nitrogens with one attached hydrogen (secondary N) is 1. The molecule has 0 aromatic carbocycles. The maximum atomic E-state index is 11.0. The van der Waals surface area contributed by atoms with Gasteiger partial charge in [0.1, 0.15) is 0 Å². The first-order chi connectivity index (χ1) is 7.83. The molecule has 0 amide bonds. The van der Waals surface area contributed by atoms with Crippen LogP contribution in [0.3, 0.4) is 0 Å². The van der Waals surface area contributed by atoms with Gasteiger partial charge in [0.2, 0.25) is 0 Å². The Bertz CT molecular complexity index is 287. The summed E-state index contributed by atoms with van der Waals surface area (Å²) in [6.07, 6.45) is 4.89. The van der Waals surface area contributed by atoms with Crippen LogP contribution in [0.4, 0.5) is 0 Å². The standard InChI is InChI=1S/C10H18N4O2/c1-2-16-10(15)4-6-11-5-3-8-14-9-7-12-13-14/h7,9,11H,2-6,8H2,1H3. The summed E-state index contributed by atoms with van der Waals surface area (Å²) in [5, 5.41) is 10.7. The molecule has 0 bridgehead atoms. The molecule has 1 aromatic rings. The average molecular weight is 226 g/mol. The lowest BCUT2D eigenvalue weighted by Crippen LogP contribution is -2.21. The number of ether oxygens (including phenoxy) is 1. The third kappa shape index (κ3) is 5.45. The van der Waals surface area contributed by atoms with Crippen molar-refractivity contribution in [3.8, 4) is 0 Å². The Morgan fingerprint density at radius 3 is 3.06 bits per heavy atom. The highest BCUT2D eigenvalue weighted by molar-refractivity contribution is 5.69. The van der Waals surface area contributed by atoms with Crippen molar-refractivity contribution in [2.45, 2.75) is 26.3 Å². The van der Waals surface area contributed by atoms with Crippen molar-refractivity contribution in [1.82, 2.24) is 20.3 Å². The Kier molecular flexibility index (Phi) is 6.17. The number of esters is 1. The molecule has 0 aliphatic carbocycles. The fourth-order valence-electron chi connectivity index (χ4n) is 1.27. The lowest BCUT2D eigenvalue weighted by molar-refractivity contribution is -0.142. The number of aromatic nitrogens is 3. The molecule has 6 nitrogen and oxygen atoms in total. The molecule has 0 aliphatic heterocycles. The van der Waals surface area contributed by atoms with Crippen molar-refractivity contribution in [2.24, 2.45) is 0 Å². The Morgan fingerprint density at radius 2 is 2.38 bits per heavy atom. The average Bonchev–Trinajstić information content (AvgIpc) is 2.76. The highest BCUT2D eigenvalue weighted by Gasteiger charge is 1.99. The summed E-state index contributed by atoms with van der Waals surface area (Å²) in [7, 11) is 0. The summed E-state index contributed by atoms with van der Waals surface area (Å²) in [4.78, 5) is 11.0. The normalized spacial score (nSPS) is 10.3. The molecule has 1 rings (SSSR count). The van der Waals surface area contributed by atoms with Crippen LogP contribution in [0.2, 0.25) is 0 Å². The quantitative estimate of drug-likeness (QED) is 0.507. The molecule has 0 atom stereocenters. The molecule has 0 saturated carbocycles. The summed E-state index contributed by atoms with van der Waals surface area (Å²) in [5.74, 6) is -0.147. The first-order valence-corrected chi connectivity index (χ1v) is 5.53. The highest BCUT2D eigenvalue weighted by Crippen LogP contribution is 1.87. The molecule has 1 N–H and O–H groups in total. The van der Waals surface area contributed by atoms with E-state index in [9.17, 15) is 4.79 Å². The predicted molar refractivity (Wildman–Crippen MR) is 58.8 cm³/mol. The van der Waals surface area contributed by atoms with E-state index in [4.69, 9.17) is 4.74 Å². The van der Waals surface area contributed by atoms with Gasteiger partial charge < -0.3 is 10.1 Å². The van der Waals surface area contributed by atoms with Crippen molar-refractivity contribution in [2.75, 3.05) is 19.7 Å². The van der Waals surface area contributed by atoms with Crippen LogP contribution in [0.1, 0.15) is 19.8 Å². The van der Waals surface area contributed by atoms with Crippen LogP contribution in [0.15, 0.2) is 12.4 Å². The summed E-state index contributed by atoms with van der Waals surface area (Å²) >= 11 is 0. The van der Waals surface area contributed by atoms with Gasteiger partial charge in [-0.25, -0.2) is 0 Å². The predicted octanol–water partition coefficient (Wildman–Crippen LogP) is 0.211. The van der Waals surface area contributed by atoms with Crippen molar-refractivity contribution in [3.05, 3.63) is 12.4 Å². The van der Waals surface area contributed by atoms with E-state index in [1.54, 1.807) is 10.9 Å². The molecular weight excluding hydrogens is 208 g/mol. The van der Waals surface area contributed by atoms with E-state index in [-0.39, 0.29) is 5.97 Å². The summed E-state index contributed by atoms with van der Waals surface area (Å²) in [5.41, 5.74) is 0. The van der Waals surface area contributed by atoms with Crippen LogP contribution in [0, 0.1) is 0 Å². The molecular formula is C10H18N4O2. The van der Waals surface area contributed by atoms with Gasteiger partial charge >= 0.3 is 5.97 Å². The smallest absolute Gasteiger partial charge is 0.307 e. The minimum Gasteiger partial charge on any atom is -0.466 e. The molecule has 90 valence electrons. The number of carbonyl (C=O) groups excluding carboxylic acids is 1. The maximum Gasteiger partial charge on any atom is 0.307 e. The van der Waals surface area contributed by atoms with E-state index < -0.39 is 0 Å². The third-order valence-electron chi connectivity index (χ3n) is 2.02. The van der Waals surface area contributed by atoms with E-state index >= 15 is 0 Å². The maximum absolute atomic E-state index is 11.0. The molecule has 1 aromatic heterocycles. The third-order valence-corrected chi connectivity index (χ3v) is 2.02. The fraction of sp³-hybridized carbons (Fsp3) is 0.700. The second-order valence-electron chi connectivity index (χ2n) is 3.32. The molecule has 0 unspecified atom stereocenters. The van der Waals surface area contributed by atoms with Crippen LogP contribution < -0.4 is 5.32 Å². The summed E-state index contributed by atoms with van der Waals surface area (Å²) < 4.78 is 6.59. The van der Waals surface area contributed by atoms with Gasteiger partial charge in [-0.3, -0.25) is 9.48 Å². The topological polar surface area (TPSA) is 69.0 Å². The Balaban J connectivity index is 1.90. The Morgan fingerprint density at radius 1 is 1.50 bits per heavy atom. The van der Waals surface area contributed by atoms with E-state index in [2.05, 4.69) is 15.6 Å². The summed E-state index contributed by atoms with van der Waals surface area (Å²) in [6.45, 7) is 4.62. The van der Waals surface area contributed by atoms with Gasteiger partial charge in [0.25, 0.3) is 0 Å². The van der Waals surface area contributed by atoms with Crippen LogP contribution in [-0.4, -0.2) is 40.7 Å². The van der Waals surface area contributed by atoms with Gasteiger partial charge in [-0.05, 0) is 19.9 Å². The Hall–Kier alpha value is -1.43. The fourth-order valence-corrected chi connectivity index (χ4v) is 1.27. The minimum absolute atomic E-state index is 0.147. The zero-order chi connectivity index (χ0) is 11.6. The van der Waals surface area contributed by atoms with Crippen molar-refractivity contribution >= 4 is 5.97 Å². The zero-order valence-corrected chi connectivity index (χ0v) is 9.56. The lowest BCUT2D eigenvalue weighted by atomic mass is 10.4. The van der Waals surface area contributed by atoms with E-state index in [0.29, 0.717) is 19.6 Å². The number of nitrogens with zero attached hydrogens (tertiary/aromatic N) is 3. The monoisotopic (exact) mass is 226 g/mol. The van der Waals surface area contributed by atoms with Gasteiger partial charge in [0, 0.05) is 19.3 Å². The van der Waals surface area contributed by atoms with Crippen LogP contribution in [0.5, 0.6) is 0 Å². The molecule has 0 fully saturated rings. The van der Waals surface area contributed by atoms with Gasteiger partial charge in [0.05, 0.1) is 19.2 Å². The highest BCUT2D eigenvalue weighted by atomic mass is 16.5. The molecule has 0 saturated heterocycles. The van der Waals surface area contributed by atoms with Crippen molar-refractivity contribution in [3.63, 3.8) is 0 Å². The van der Waals surface area contributed by atoms with Gasteiger partial charge in [-0.15, -0.1) is 5.10 Å². The molecule has 1 heterocycles. The molecule has 0 radical (unpaired) electrons. The van der Waals surface area contributed by atoms with Gasteiger partial charge in [0.15, 0.2) is 0 Å². The van der Waals surface area contributed by atoms with E-state index in [0.717, 1.165) is 19.5 Å². The first kappa shape index (κ1) is 12.6. The SMILES string of the molecule is CCOC(=O)CCNCCCn1ccnn1. The van der Waals surface area contributed by atoms with E-state index in [1.807, 2.05) is 13.1 Å². The lowest BCUT2D eigenvalue weighted by Gasteiger charge is -2.04. The zero-order valence-electron chi connectivity index (χ0n) is 9.56. The van der Waals surface area contributed by atoms with Gasteiger partial charge in [-0.2, -0.15) is 0 Å². The number of rotatable bonds is 8. The first-order valence-electron chi connectivity index (χ1n) is 5.53. The second kappa shape index (κ2) is 7.81. The number of aryl methyl sites for hydroxylation is 1. The molecule has 0 aliphatic rings. The molecule has 6 heteroatoms. The van der Waals surface area contributed by atoms with Crippen LogP contribution in [-0.2, 0) is 16.1 Å². The van der Waals surface area contributed by atoms with E-state index in [1.165, 1.54) is 0 Å². The van der Waals surface area contributed by atoms with Crippen LogP contribution in [0.25, 0.3) is 0 Å². The molecule has 16 heavy (non-hydrogen) atoms. The Labute approximate surface area is 95.0 Å². The minimum atomic E-state index is -0.147. The number of hydrogen-bond acceptors (Lipinski definition) is 5. The number of carbonyl (C=O) groups is 1. The van der Waals surface area contributed by atoms with Crippen molar-refractivity contribution in [1.29, 1.82) is 0 Å². The van der Waals surface area contributed by atoms with Gasteiger partial charge in [-0.1, -0.05) is 5.21 Å². The van der Waals surface area contributed by atoms with Crippen LogP contribution >= 0.6 is 0 Å².